The number of carboxylic acid groups (broad SMARTS) is 4. The summed E-state index contributed by atoms with van der Waals surface area (Å²) in [5, 5.41) is 44.7. The highest BCUT2D eigenvalue weighted by Gasteiger charge is 2.22. The Morgan fingerprint density at radius 1 is 0.692 bits per heavy atom. The van der Waals surface area contributed by atoms with Gasteiger partial charge in [-0.25, -0.2) is 0 Å². The molecule has 0 saturated heterocycles. The van der Waals surface area contributed by atoms with Gasteiger partial charge >= 0.3 is 5.97 Å². The van der Waals surface area contributed by atoms with Crippen molar-refractivity contribution in [3.05, 3.63) is 12.2 Å². The molecule has 39 heavy (non-hydrogen) atoms. The molecule has 0 atom stereocenters. The summed E-state index contributed by atoms with van der Waals surface area (Å²) in [7, 11) is 0. The van der Waals surface area contributed by atoms with Crippen molar-refractivity contribution >= 4 is 41.6 Å². The maximum absolute atomic E-state index is 12.3. The number of carbonyl (C=O) groups is 7. The predicted molar refractivity (Wildman–Crippen MR) is 125 cm³/mol. The van der Waals surface area contributed by atoms with Gasteiger partial charge in [-0.3, -0.25) is 38.8 Å². The van der Waals surface area contributed by atoms with Gasteiger partial charge in [0, 0.05) is 71.1 Å². The van der Waals surface area contributed by atoms with Crippen LogP contribution in [0.5, 0.6) is 0 Å². The smallest absolute Gasteiger partial charge is 0.317 e. The van der Waals surface area contributed by atoms with E-state index in [1.165, 1.54) is 22.0 Å². The van der Waals surface area contributed by atoms with E-state index >= 15 is 0 Å². The molecule has 16 heteroatoms. The molecule has 0 aromatic carbocycles. The number of hydrogen-bond acceptors (Lipinski definition) is 13. The number of carbonyl (C=O) groups excluding carboxylic acids is 6. The first-order chi connectivity index (χ1) is 18.4. The van der Waals surface area contributed by atoms with Crippen LogP contribution in [0.2, 0.25) is 0 Å². The van der Waals surface area contributed by atoms with Crippen molar-refractivity contribution in [1.82, 2.24) is 24.9 Å². The Hall–Kier alpha value is -3.89. The summed E-state index contributed by atoms with van der Waals surface area (Å²) in [6.45, 7) is -2.64. The van der Waals surface area contributed by atoms with Gasteiger partial charge in [0.05, 0.1) is 31.0 Å². The number of nitrogens with one attached hydrogen (secondary N) is 1. The van der Waals surface area contributed by atoms with Gasteiger partial charge in [-0.15, -0.1) is 0 Å². The summed E-state index contributed by atoms with van der Waals surface area (Å²) in [6, 6.07) is 0. The van der Waals surface area contributed by atoms with E-state index in [0.717, 1.165) is 9.80 Å². The molecular weight excluding hydrogens is 522 g/mol. The molecule has 0 unspecified atom stereocenters. The molecule has 1 rings (SSSR count). The molecule has 0 aromatic rings. The highest BCUT2D eigenvalue weighted by Crippen LogP contribution is 2.06. The molecule has 0 bridgehead atoms. The van der Waals surface area contributed by atoms with Crippen LogP contribution in [-0.2, 0) is 33.6 Å². The van der Waals surface area contributed by atoms with E-state index in [1.54, 1.807) is 0 Å². The molecule has 0 aliphatic carbocycles. The molecule has 1 aliphatic rings. The second kappa shape index (κ2) is 17.6. The van der Waals surface area contributed by atoms with Crippen molar-refractivity contribution < 1.29 is 54.0 Å². The monoisotopic (exact) mass is 554 g/mol. The first kappa shape index (κ1) is 33.1. The fourth-order valence-corrected chi connectivity index (χ4v) is 3.71. The number of imide groups is 1. The molecule has 0 fully saturated rings. The van der Waals surface area contributed by atoms with Crippen LogP contribution >= 0.6 is 0 Å². The zero-order valence-corrected chi connectivity index (χ0v) is 21.4. The Bertz CT molecular complexity index is 905. The van der Waals surface area contributed by atoms with Crippen LogP contribution < -0.4 is 20.6 Å². The van der Waals surface area contributed by atoms with E-state index in [0.29, 0.717) is 19.3 Å². The molecule has 3 amide bonds. The van der Waals surface area contributed by atoms with E-state index in [-0.39, 0.29) is 57.6 Å². The van der Waals surface area contributed by atoms with E-state index in [2.05, 4.69) is 5.32 Å². The van der Waals surface area contributed by atoms with Gasteiger partial charge in [0.15, 0.2) is 0 Å². The summed E-state index contributed by atoms with van der Waals surface area (Å²) in [5.41, 5.74) is 0. The van der Waals surface area contributed by atoms with Crippen molar-refractivity contribution in [2.75, 3.05) is 72.0 Å². The maximum Gasteiger partial charge on any atom is 0.317 e. The van der Waals surface area contributed by atoms with Gasteiger partial charge in [-0.05, 0) is 19.3 Å². The van der Waals surface area contributed by atoms with Crippen molar-refractivity contribution in [2.45, 2.75) is 19.3 Å². The number of nitrogens with zero attached hydrogens (tertiary/aromatic N) is 4. The van der Waals surface area contributed by atoms with Gasteiger partial charge in [0.1, 0.15) is 0 Å². The average molecular weight is 555 g/mol. The Morgan fingerprint density at radius 2 is 1.15 bits per heavy atom. The van der Waals surface area contributed by atoms with Gasteiger partial charge in [0.25, 0.3) is 11.8 Å². The third-order valence-corrected chi connectivity index (χ3v) is 5.53. The molecule has 218 valence electrons. The minimum Gasteiger partial charge on any atom is -0.549 e. The van der Waals surface area contributed by atoms with Crippen molar-refractivity contribution in [3.63, 3.8) is 0 Å². The third-order valence-electron chi connectivity index (χ3n) is 5.53. The summed E-state index contributed by atoms with van der Waals surface area (Å²) in [6.07, 6.45) is 4.12. The summed E-state index contributed by atoms with van der Waals surface area (Å²) >= 11 is 0. The van der Waals surface area contributed by atoms with Gasteiger partial charge in [-0.2, -0.15) is 0 Å². The highest BCUT2D eigenvalue weighted by atomic mass is 16.4. The molecule has 2 N–H and O–H groups in total. The predicted octanol–water partition coefficient (Wildman–Crippen LogP) is -6.56. The standard InChI is InChI=1S/C23H35N5O11/c29-17(24-6-2-1-3-7-28-18(30)4-5-19(28)31)12-26(14-21(34)35)10-8-25(13-20(32)33)9-11-27(15-22(36)37)16-23(38)39/h4-5H,1-3,6-16H2,(H,24,29)(H,32,33)(H,34,35)(H,36,37)(H,38,39)/p-3. The lowest BCUT2D eigenvalue weighted by Gasteiger charge is -2.30. The summed E-state index contributed by atoms with van der Waals surface area (Å²) in [4.78, 5) is 84.0. The van der Waals surface area contributed by atoms with Crippen LogP contribution in [0.15, 0.2) is 12.2 Å². The number of unbranched alkanes of at least 4 members (excludes halogenated alkanes) is 2. The lowest BCUT2D eigenvalue weighted by Crippen LogP contribution is -2.49. The van der Waals surface area contributed by atoms with Crippen LogP contribution in [0.1, 0.15) is 19.3 Å². The Kier molecular flexibility index (Phi) is 14.9. The molecule has 0 aromatic heterocycles. The maximum atomic E-state index is 12.3. The first-order valence-corrected chi connectivity index (χ1v) is 12.2. The number of amides is 3. The Morgan fingerprint density at radius 3 is 1.64 bits per heavy atom. The lowest BCUT2D eigenvalue weighted by molar-refractivity contribution is -0.308. The van der Waals surface area contributed by atoms with Crippen LogP contribution in [-0.4, -0.2) is 138 Å². The molecule has 1 aliphatic heterocycles. The highest BCUT2D eigenvalue weighted by molar-refractivity contribution is 6.12. The van der Waals surface area contributed by atoms with Gasteiger partial charge in [0.2, 0.25) is 5.91 Å². The van der Waals surface area contributed by atoms with Crippen LogP contribution in [0, 0.1) is 0 Å². The SMILES string of the molecule is O=C([O-])CN(CCN(CC(=O)[O-])CC(=O)O)CCN(CC(=O)[O-])CC(=O)NCCCCCN1C(=O)C=CC1=O. The number of rotatable bonds is 22. The third kappa shape index (κ3) is 15.2. The van der Waals surface area contributed by atoms with E-state index < -0.39 is 56.0 Å². The molecule has 16 nitrogen and oxygen atoms in total. The zero-order chi connectivity index (χ0) is 29.4. The van der Waals surface area contributed by atoms with Crippen LogP contribution in [0.25, 0.3) is 0 Å². The van der Waals surface area contributed by atoms with Crippen LogP contribution in [0.3, 0.4) is 0 Å². The van der Waals surface area contributed by atoms with Crippen molar-refractivity contribution in [3.8, 4) is 0 Å². The van der Waals surface area contributed by atoms with E-state index in [4.69, 9.17) is 5.11 Å². The Balaban J connectivity index is 2.50. The van der Waals surface area contributed by atoms with Gasteiger partial charge < -0.3 is 40.1 Å². The molecule has 1 heterocycles. The van der Waals surface area contributed by atoms with Crippen molar-refractivity contribution in [2.24, 2.45) is 0 Å². The first-order valence-electron chi connectivity index (χ1n) is 12.2. The summed E-state index contributed by atoms with van der Waals surface area (Å²) in [5.74, 6) is -6.94. The molecule has 0 saturated carbocycles. The van der Waals surface area contributed by atoms with E-state index in [9.17, 15) is 48.9 Å². The second-order valence-electron chi connectivity index (χ2n) is 8.78. The Labute approximate surface area is 224 Å². The lowest BCUT2D eigenvalue weighted by atomic mass is 10.2. The number of aliphatic carboxylic acids is 4. The quantitative estimate of drug-likeness (QED) is 0.0935. The largest absolute Gasteiger partial charge is 0.549 e. The number of hydrogen-bond donors (Lipinski definition) is 2. The molecule has 0 radical (unpaired) electrons. The molecular formula is C23H32N5O11-3. The van der Waals surface area contributed by atoms with Crippen LogP contribution in [0.4, 0.5) is 0 Å². The topological polar surface area (TPSA) is 234 Å². The normalized spacial score (nSPS) is 13.1. The summed E-state index contributed by atoms with van der Waals surface area (Å²) < 4.78 is 0. The second-order valence-corrected chi connectivity index (χ2v) is 8.78. The zero-order valence-electron chi connectivity index (χ0n) is 21.4. The van der Waals surface area contributed by atoms with Crippen molar-refractivity contribution in [1.29, 1.82) is 0 Å². The average Bonchev–Trinajstić information content (AvgIpc) is 3.13. The minimum atomic E-state index is -1.51. The fraction of sp³-hybridized carbons (Fsp3) is 0.609. The minimum absolute atomic E-state index is 0.0520. The number of carboxylic acids is 4. The van der Waals surface area contributed by atoms with Gasteiger partial charge in [-0.1, -0.05) is 0 Å². The molecule has 0 spiro atoms. The van der Waals surface area contributed by atoms with E-state index in [1.807, 2.05) is 0 Å². The fourth-order valence-electron chi connectivity index (χ4n) is 3.71.